The topological polar surface area (TPSA) is 15.3 Å². The fourth-order valence-electron chi connectivity index (χ4n) is 2.51. The second-order valence-corrected chi connectivity index (χ2v) is 4.99. The van der Waals surface area contributed by atoms with E-state index in [-0.39, 0.29) is 17.7 Å². The van der Waals surface area contributed by atoms with Gasteiger partial charge in [-0.25, -0.2) is 8.78 Å². The molecule has 1 aromatic rings. The highest BCUT2D eigenvalue weighted by Crippen LogP contribution is 2.25. The average Bonchev–Trinajstić information content (AvgIpc) is 2.35. The molecule has 0 aliphatic carbocycles. The molecule has 1 fully saturated rings. The third kappa shape index (κ3) is 2.80. The molecule has 0 radical (unpaired) electrons. The molecular weight excluding hydrogens is 234 g/mol. The zero-order valence-electron chi connectivity index (χ0n) is 10.9. The quantitative estimate of drug-likeness (QED) is 0.892. The van der Waals surface area contributed by atoms with Crippen LogP contribution in [0, 0.1) is 11.6 Å². The van der Waals surface area contributed by atoms with E-state index in [1.165, 1.54) is 12.1 Å². The molecule has 1 aliphatic rings. The van der Waals surface area contributed by atoms with E-state index in [9.17, 15) is 8.78 Å². The zero-order chi connectivity index (χ0) is 13.1. The van der Waals surface area contributed by atoms with Gasteiger partial charge >= 0.3 is 0 Å². The number of halogens is 2. The highest BCUT2D eigenvalue weighted by molar-refractivity contribution is 5.49. The van der Waals surface area contributed by atoms with Crippen molar-refractivity contribution in [2.24, 2.45) is 0 Å². The first-order valence-electron chi connectivity index (χ1n) is 6.57. The van der Waals surface area contributed by atoms with Gasteiger partial charge in [0.05, 0.1) is 5.69 Å². The van der Waals surface area contributed by atoms with Crippen molar-refractivity contribution in [3.63, 3.8) is 0 Å². The minimum Gasteiger partial charge on any atom is -0.364 e. The van der Waals surface area contributed by atoms with Gasteiger partial charge in [0.15, 0.2) is 0 Å². The van der Waals surface area contributed by atoms with E-state index in [0.29, 0.717) is 11.7 Å². The lowest BCUT2D eigenvalue weighted by molar-refractivity contribution is 0.382. The molecule has 0 bridgehead atoms. The molecular formula is C14H20F2N2. The molecule has 18 heavy (non-hydrogen) atoms. The number of benzene rings is 1. The first-order valence-corrected chi connectivity index (χ1v) is 6.57. The second-order valence-electron chi connectivity index (χ2n) is 4.99. The Morgan fingerprint density at radius 3 is 2.89 bits per heavy atom. The molecule has 1 saturated heterocycles. The molecule has 2 rings (SSSR count). The monoisotopic (exact) mass is 254 g/mol. The zero-order valence-corrected chi connectivity index (χ0v) is 10.9. The van der Waals surface area contributed by atoms with Crippen LogP contribution in [0.1, 0.15) is 26.7 Å². The molecule has 4 heteroatoms. The van der Waals surface area contributed by atoms with Crippen molar-refractivity contribution in [3.05, 3.63) is 29.8 Å². The summed E-state index contributed by atoms with van der Waals surface area (Å²) in [5.74, 6) is -0.732. The van der Waals surface area contributed by atoms with Crippen molar-refractivity contribution >= 4 is 5.69 Å². The van der Waals surface area contributed by atoms with Gasteiger partial charge in [-0.2, -0.15) is 0 Å². The molecule has 100 valence electrons. The first-order chi connectivity index (χ1) is 8.61. The van der Waals surface area contributed by atoms with E-state index >= 15 is 0 Å². The lowest BCUT2D eigenvalue weighted by Crippen LogP contribution is -2.55. The van der Waals surface area contributed by atoms with Crippen LogP contribution in [0.5, 0.6) is 0 Å². The summed E-state index contributed by atoms with van der Waals surface area (Å²) in [7, 11) is 0. The maximum absolute atomic E-state index is 13.8. The lowest BCUT2D eigenvalue weighted by atomic mass is 10.0. The van der Waals surface area contributed by atoms with E-state index in [4.69, 9.17) is 0 Å². The Morgan fingerprint density at radius 1 is 1.39 bits per heavy atom. The van der Waals surface area contributed by atoms with E-state index in [1.54, 1.807) is 0 Å². The normalized spacial score (nSPS) is 24.3. The number of hydrogen-bond acceptors (Lipinski definition) is 2. The number of hydrogen-bond donors (Lipinski definition) is 1. The Bertz CT molecular complexity index is 409. The van der Waals surface area contributed by atoms with Crippen molar-refractivity contribution in [1.29, 1.82) is 0 Å². The van der Waals surface area contributed by atoms with Crippen LogP contribution in [0.2, 0.25) is 0 Å². The molecule has 1 aliphatic heterocycles. The Labute approximate surface area is 107 Å². The fraction of sp³-hybridized carbons (Fsp3) is 0.571. The SMILES string of the molecule is CCCC1CN(c2cc(F)ccc2F)C(C)CN1. The van der Waals surface area contributed by atoms with Gasteiger partial charge in [-0.05, 0) is 25.5 Å². The summed E-state index contributed by atoms with van der Waals surface area (Å²) < 4.78 is 27.1. The second kappa shape index (κ2) is 5.65. The molecule has 1 heterocycles. The van der Waals surface area contributed by atoms with Gasteiger partial charge in [-0.15, -0.1) is 0 Å². The van der Waals surface area contributed by atoms with Gasteiger partial charge in [0.1, 0.15) is 11.6 Å². The van der Waals surface area contributed by atoms with E-state index in [2.05, 4.69) is 12.2 Å². The van der Waals surface area contributed by atoms with Gasteiger partial charge in [0.25, 0.3) is 0 Å². The molecule has 2 atom stereocenters. The van der Waals surface area contributed by atoms with Crippen LogP contribution in [-0.4, -0.2) is 25.2 Å². The maximum atomic E-state index is 13.8. The molecule has 0 aromatic heterocycles. The predicted octanol–water partition coefficient (Wildman–Crippen LogP) is 2.93. The molecule has 2 nitrogen and oxygen atoms in total. The Morgan fingerprint density at radius 2 is 2.17 bits per heavy atom. The molecule has 1 aromatic carbocycles. The van der Waals surface area contributed by atoms with Gasteiger partial charge in [-0.1, -0.05) is 13.3 Å². The predicted molar refractivity (Wildman–Crippen MR) is 69.9 cm³/mol. The van der Waals surface area contributed by atoms with E-state index in [0.717, 1.165) is 32.0 Å². The smallest absolute Gasteiger partial charge is 0.146 e. The van der Waals surface area contributed by atoms with Gasteiger partial charge in [-0.3, -0.25) is 0 Å². The number of anilines is 1. The summed E-state index contributed by atoms with van der Waals surface area (Å²) in [5, 5.41) is 3.45. The fourth-order valence-corrected chi connectivity index (χ4v) is 2.51. The minimum absolute atomic E-state index is 0.175. The van der Waals surface area contributed by atoms with Crippen LogP contribution >= 0.6 is 0 Å². The highest BCUT2D eigenvalue weighted by Gasteiger charge is 2.26. The van der Waals surface area contributed by atoms with Crippen LogP contribution in [-0.2, 0) is 0 Å². The van der Waals surface area contributed by atoms with Crippen LogP contribution in [0.3, 0.4) is 0 Å². The van der Waals surface area contributed by atoms with E-state index in [1.807, 2.05) is 11.8 Å². The van der Waals surface area contributed by atoms with Crippen molar-refractivity contribution < 1.29 is 8.78 Å². The van der Waals surface area contributed by atoms with Crippen LogP contribution in [0.25, 0.3) is 0 Å². The third-order valence-corrected chi connectivity index (χ3v) is 3.51. The highest BCUT2D eigenvalue weighted by atomic mass is 19.1. The summed E-state index contributed by atoms with van der Waals surface area (Å²) in [6.45, 7) is 5.70. The van der Waals surface area contributed by atoms with Gasteiger partial charge < -0.3 is 10.2 Å². The molecule has 2 unspecified atom stereocenters. The Kier molecular flexibility index (Phi) is 4.17. The molecule has 1 N–H and O–H groups in total. The van der Waals surface area contributed by atoms with Crippen molar-refractivity contribution in [2.45, 2.75) is 38.8 Å². The van der Waals surface area contributed by atoms with Crippen molar-refractivity contribution in [2.75, 3.05) is 18.0 Å². The van der Waals surface area contributed by atoms with Crippen LogP contribution in [0.15, 0.2) is 18.2 Å². The summed E-state index contributed by atoms with van der Waals surface area (Å²) in [6.07, 6.45) is 2.14. The first kappa shape index (κ1) is 13.3. The minimum atomic E-state index is -0.385. The summed E-state index contributed by atoms with van der Waals surface area (Å²) in [4.78, 5) is 1.97. The molecule has 0 amide bonds. The van der Waals surface area contributed by atoms with Crippen LogP contribution in [0.4, 0.5) is 14.5 Å². The number of nitrogens with one attached hydrogen (secondary N) is 1. The summed E-state index contributed by atoms with van der Waals surface area (Å²) in [5.41, 5.74) is 0.380. The standard InChI is InChI=1S/C14H20F2N2/c1-3-4-12-9-18(10(2)8-17-12)14-7-11(15)5-6-13(14)16/h5-7,10,12,17H,3-4,8-9H2,1-2H3. The van der Waals surface area contributed by atoms with Crippen molar-refractivity contribution in [3.8, 4) is 0 Å². The molecule has 0 spiro atoms. The number of piperazine rings is 1. The Balaban J connectivity index is 2.21. The largest absolute Gasteiger partial charge is 0.364 e. The summed E-state index contributed by atoms with van der Waals surface area (Å²) in [6, 6.07) is 4.19. The van der Waals surface area contributed by atoms with Crippen LogP contribution < -0.4 is 10.2 Å². The van der Waals surface area contributed by atoms with Gasteiger partial charge in [0, 0.05) is 31.2 Å². The third-order valence-electron chi connectivity index (χ3n) is 3.51. The number of nitrogens with zero attached hydrogens (tertiary/aromatic N) is 1. The average molecular weight is 254 g/mol. The van der Waals surface area contributed by atoms with Gasteiger partial charge in [0.2, 0.25) is 0 Å². The molecule has 0 saturated carbocycles. The van der Waals surface area contributed by atoms with E-state index < -0.39 is 0 Å². The maximum Gasteiger partial charge on any atom is 0.146 e. The number of rotatable bonds is 3. The van der Waals surface area contributed by atoms with Crippen molar-refractivity contribution in [1.82, 2.24) is 5.32 Å². The Hall–Kier alpha value is -1.16. The summed E-state index contributed by atoms with van der Waals surface area (Å²) >= 11 is 0. The lowest BCUT2D eigenvalue weighted by Gasteiger charge is -2.40.